The van der Waals surface area contributed by atoms with Gasteiger partial charge in [0.25, 0.3) is 5.91 Å². The fourth-order valence-electron chi connectivity index (χ4n) is 4.57. The second-order valence-corrected chi connectivity index (χ2v) is 8.67. The van der Waals surface area contributed by atoms with E-state index in [-0.39, 0.29) is 17.3 Å². The quantitative estimate of drug-likeness (QED) is 0.334. The van der Waals surface area contributed by atoms with Crippen LogP contribution in [-0.4, -0.2) is 31.8 Å². The number of carbonyl (C=O) groups is 1. The minimum atomic E-state index is -0.610. The predicted molar refractivity (Wildman–Crippen MR) is 141 cm³/mol. The molecule has 3 aromatic rings. The summed E-state index contributed by atoms with van der Waals surface area (Å²) in [4.78, 5) is 26.5. The van der Waals surface area contributed by atoms with E-state index in [4.69, 9.17) is 18.6 Å². The zero-order valence-corrected chi connectivity index (χ0v) is 21.1. The van der Waals surface area contributed by atoms with Crippen molar-refractivity contribution in [1.82, 2.24) is 0 Å². The highest BCUT2D eigenvalue weighted by molar-refractivity contribution is 6.09. The second-order valence-electron chi connectivity index (χ2n) is 8.67. The maximum absolute atomic E-state index is 13.5. The Morgan fingerprint density at radius 3 is 2.19 bits per heavy atom. The van der Waals surface area contributed by atoms with Crippen LogP contribution in [0.1, 0.15) is 63.2 Å². The predicted octanol–water partition coefficient (Wildman–Crippen LogP) is 5.99. The van der Waals surface area contributed by atoms with Gasteiger partial charge in [0.1, 0.15) is 5.58 Å². The lowest BCUT2D eigenvalue weighted by atomic mass is 9.95. The molecule has 0 spiro atoms. The summed E-state index contributed by atoms with van der Waals surface area (Å²) in [5, 5.41) is 7.09. The van der Waals surface area contributed by atoms with Crippen molar-refractivity contribution in [3.63, 3.8) is 0 Å². The minimum absolute atomic E-state index is 0.0917. The Labute approximate surface area is 210 Å². The van der Waals surface area contributed by atoms with E-state index in [1.165, 1.54) is 6.42 Å². The van der Waals surface area contributed by atoms with Crippen LogP contribution >= 0.6 is 0 Å². The number of nitrogens with one attached hydrogen (secondary N) is 2. The van der Waals surface area contributed by atoms with Gasteiger partial charge in [-0.2, -0.15) is 0 Å². The summed E-state index contributed by atoms with van der Waals surface area (Å²) in [7, 11) is 0. The van der Waals surface area contributed by atoms with Crippen molar-refractivity contribution in [1.29, 1.82) is 0 Å². The monoisotopic (exact) mass is 494 g/mol. The number of benzene rings is 2. The SMILES string of the molecule is CCOc1cc(C(=O)Nc2c(NC3CCCCC3)c3ccccc3oc2=O)cc(OCC)c1OCC. The Kier molecular flexibility index (Phi) is 8.36. The molecule has 0 saturated heterocycles. The Morgan fingerprint density at radius 2 is 1.56 bits per heavy atom. The first-order chi connectivity index (χ1) is 17.5. The van der Waals surface area contributed by atoms with E-state index < -0.39 is 11.5 Å². The van der Waals surface area contributed by atoms with E-state index in [0.717, 1.165) is 31.1 Å². The number of hydrogen-bond donors (Lipinski definition) is 2. The Morgan fingerprint density at radius 1 is 0.917 bits per heavy atom. The van der Waals surface area contributed by atoms with Crippen LogP contribution in [0.5, 0.6) is 17.2 Å². The van der Waals surface area contributed by atoms with Gasteiger partial charge in [-0.15, -0.1) is 0 Å². The molecule has 36 heavy (non-hydrogen) atoms. The van der Waals surface area contributed by atoms with Crippen LogP contribution in [0.15, 0.2) is 45.6 Å². The largest absolute Gasteiger partial charge is 0.490 e. The molecule has 1 fully saturated rings. The molecule has 1 aliphatic carbocycles. The summed E-state index contributed by atoms with van der Waals surface area (Å²) in [6, 6.07) is 10.8. The van der Waals surface area contributed by atoms with Crippen molar-refractivity contribution < 1.29 is 23.4 Å². The third-order valence-electron chi connectivity index (χ3n) is 6.18. The van der Waals surface area contributed by atoms with E-state index in [1.54, 1.807) is 18.2 Å². The van der Waals surface area contributed by atoms with Gasteiger partial charge in [0, 0.05) is 17.0 Å². The Bertz CT molecular complexity index is 1240. The van der Waals surface area contributed by atoms with Gasteiger partial charge in [-0.05, 0) is 57.9 Å². The van der Waals surface area contributed by atoms with Gasteiger partial charge >= 0.3 is 5.63 Å². The lowest BCUT2D eigenvalue weighted by Crippen LogP contribution is -2.26. The summed E-state index contributed by atoms with van der Waals surface area (Å²) in [6.07, 6.45) is 5.49. The van der Waals surface area contributed by atoms with Crippen LogP contribution in [0, 0.1) is 0 Å². The van der Waals surface area contributed by atoms with Gasteiger partial charge in [-0.3, -0.25) is 4.79 Å². The fourth-order valence-corrected chi connectivity index (χ4v) is 4.57. The number of amides is 1. The zero-order valence-electron chi connectivity index (χ0n) is 21.1. The number of hydrogen-bond acceptors (Lipinski definition) is 7. The van der Waals surface area contributed by atoms with Crippen LogP contribution in [0.25, 0.3) is 11.0 Å². The molecule has 1 saturated carbocycles. The topological polar surface area (TPSA) is 99.0 Å². The summed E-state index contributed by atoms with van der Waals surface area (Å²) in [6.45, 7) is 6.77. The number of anilines is 2. The zero-order chi connectivity index (χ0) is 25.5. The van der Waals surface area contributed by atoms with Gasteiger partial charge in [-0.1, -0.05) is 31.4 Å². The third-order valence-corrected chi connectivity index (χ3v) is 6.18. The van der Waals surface area contributed by atoms with E-state index in [0.29, 0.717) is 48.3 Å². The summed E-state index contributed by atoms with van der Waals surface area (Å²) < 4.78 is 22.8. The molecule has 2 aromatic carbocycles. The van der Waals surface area contributed by atoms with Crippen LogP contribution in [-0.2, 0) is 0 Å². The number of para-hydroxylation sites is 1. The van der Waals surface area contributed by atoms with Gasteiger partial charge in [-0.25, -0.2) is 4.79 Å². The number of ether oxygens (including phenoxy) is 3. The second kappa shape index (κ2) is 11.8. The Hall–Kier alpha value is -3.68. The van der Waals surface area contributed by atoms with Crippen LogP contribution < -0.4 is 30.5 Å². The molecule has 8 heteroatoms. The first-order valence-electron chi connectivity index (χ1n) is 12.8. The molecule has 8 nitrogen and oxygen atoms in total. The van der Waals surface area contributed by atoms with Crippen LogP contribution in [0.3, 0.4) is 0 Å². The molecular formula is C28H34N2O6. The molecule has 4 rings (SSSR count). The highest BCUT2D eigenvalue weighted by atomic mass is 16.5. The lowest BCUT2D eigenvalue weighted by molar-refractivity contribution is 0.102. The molecule has 1 aromatic heterocycles. The molecule has 1 heterocycles. The van der Waals surface area contributed by atoms with Crippen molar-refractivity contribution >= 4 is 28.3 Å². The maximum atomic E-state index is 13.5. The summed E-state index contributed by atoms with van der Waals surface area (Å²) in [5.74, 6) is 0.778. The fraction of sp³-hybridized carbons (Fsp3) is 0.429. The molecule has 2 N–H and O–H groups in total. The molecule has 0 bridgehead atoms. The molecule has 192 valence electrons. The molecule has 0 unspecified atom stereocenters. The Balaban J connectivity index is 1.74. The molecule has 0 aliphatic heterocycles. The minimum Gasteiger partial charge on any atom is -0.490 e. The number of rotatable bonds is 10. The standard InChI is InChI=1S/C28H34N2O6/c1-4-33-22-16-18(17-23(34-5-2)26(22)35-6-3)27(31)30-25-24(29-19-12-8-7-9-13-19)20-14-10-11-15-21(20)36-28(25)32/h10-11,14-17,19,29H,4-9,12-13H2,1-3H3,(H,30,31). The summed E-state index contributed by atoms with van der Waals surface area (Å²) >= 11 is 0. The van der Waals surface area contributed by atoms with E-state index in [9.17, 15) is 9.59 Å². The molecule has 1 aliphatic rings. The van der Waals surface area contributed by atoms with Crippen molar-refractivity contribution in [2.75, 3.05) is 30.5 Å². The van der Waals surface area contributed by atoms with Gasteiger partial charge < -0.3 is 29.3 Å². The molecule has 1 amide bonds. The lowest BCUT2D eigenvalue weighted by Gasteiger charge is -2.25. The van der Waals surface area contributed by atoms with Crippen molar-refractivity contribution in [2.45, 2.75) is 58.9 Å². The van der Waals surface area contributed by atoms with E-state index in [1.807, 2.05) is 39.0 Å². The first-order valence-corrected chi connectivity index (χ1v) is 12.8. The first kappa shape index (κ1) is 25.4. The van der Waals surface area contributed by atoms with Gasteiger partial charge in [0.2, 0.25) is 5.75 Å². The van der Waals surface area contributed by atoms with Crippen molar-refractivity contribution in [3.8, 4) is 17.2 Å². The van der Waals surface area contributed by atoms with Crippen LogP contribution in [0.2, 0.25) is 0 Å². The smallest absolute Gasteiger partial charge is 0.362 e. The summed E-state index contributed by atoms with van der Waals surface area (Å²) in [5.41, 5.74) is 0.817. The molecule has 0 atom stereocenters. The van der Waals surface area contributed by atoms with Gasteiger partial charge in [0.05, 0.1) is 25.5 Å². The average Bonchev–Trinajstić information content (AvgIpc) is 2.88. The van der Waals surface area contributed by atoms with E-state index in [2.05, 4.69) is 10.6 Å². The van der Waals surface area contributed by atoms with E-state index >= 15 is 0 Å². The highest BCUT2D eigenvalue weighted by Gasteiger charge is 2.23. The normalized spacial score (nSPS) is 13.9. The number of fused-ring (bicyclic) bond motifs is 1. The average molecular weight is 495 g/mol. The van der Waals surface area contributed by atoms with Crippen molar-refractivity contribution in [2.24, 2.45) is 0 Å². The highest BCUT2D eigenvalue weighted by Crippen LogP contribution is 2.39. The maximum Gasteiger partial charge on any atom is 0.362 e. The van der Waals surface area contributed by atoms with Crippen LogP contribution in [0.4, 0.5) is 11.4 Å². The molecular weight excluding hydrogens is 460 g/mol. The third kappa shape index (κ3) is 5.58. The van der Waals surface area contributed by atoms with Gasteiger partial charge in [0.15, 0.2) is 17.2 Å². The number of carbonyl (C=O) groups excluding carboxylic acids is 1. The van der Waals surface area contributed by atoms with Crippen molar-refractivity contribution in [3.05, 3.63) is 52.4 Å². The molecule has 0 radical (unpaired) electrons.